The highest BCUT2D eigenvalue weighted by Gasteiger charge is 2.34. The van der Waals surface area contributed by atoms with Crippen LogP contribution in [0.2, 0.25) is 0 Å². The van der Waals surface area contributed by atoms with Crippen LogP contribution in [0, 0.1) is 5.41 Å². The number of nitrogens with one attached hydrogen (secondary N) is 3. The van der Waals surface area contributed by atoms with Crippen LogP contribution in [0.25, 0.3) is 11.5 Å². The van der Waals surface area contributed by atoms with Crippen LogP contribution in [-0.2, 0) is 4.79 Å². The predicted octanol–water partition coefficient (Wildman–Crippen LogP) is 1.07. The number of aromatic amines is 1. The molecule has 2 aromatic rings. The number of hydrogen-bond donors (Lipinski definition) is 4. The van der Waals surface area contributed by atoms with E-state index in [-0.39, 0.29) is 11.3 Å². The van der Waals surface area contributed by atoms with Gasteiger partial charge < -0.3 is 20.2 Å². The molecule has 3 rings (SSSR count). The normalized spacial score (nSPS) is 15.9. The lowest BCUT2D eigenvalue weighted by atomic mass is 9.86. The van der Waals surface area contributed by atoms with E-state index >= 15 is 0 Å². The number of aliphatic hydroxyl groups is 1. The molecule has 8 nitrogen and oxygen atoms in total. The SMILES string of the molecule is O=C(CO)NCC1(CNC(=O)c2cc(-c3ccco3)[nH]n2)CCCC1. The van der Waals surface area contributed by atoms with E-state index in [0.29, 0.717) is 30.2 Å². The van der Waals surface area contributed by atoms with Gasteiger partial charge in [-0.2, -0.15) is 5.10 Å². The smallest absolute Gasteiger partial charge is 0.271 e. The molecule has 1 saturated carbocycles. The Morgan fingerprint density at radius 1 is 1.28 bits per heavy atom. The van der Waals surface area contributed by atoms with Gasteiger partial charge in [-0.15, -0.1) is 0 Å². The summed E-state index contributed by atoms with van der Waals surface area (Å²) in [5.74, 6) is -0.0488. The van der Waals surface area contributed by atoms with Gasteiger partial charge in [0.2, 0.25) is 5.91 Å². The molecule has 0 atom stereocenters. The lowest BCUT2D eigenvalue weighted by molar-refractivity contribution is -0.124. The minimum absolute atomic E-state index is 0.166. The monoisotopic (exact) mass is 346 g/mol. The van der Waals surface area contributed by atoms with Crippen LogP contribution >= 0.6 is 0 Å². The number of aliphatic hydroxyl groups excluding tert-OH is 1. The molecule has 2 amide bonds. The molecule has 8 heteroatoms. The summed E-state index contributed by atoms with van der Waals surface area (Å²) in [6.45, 7) is 0.386. The third-order valence-corrected chi connectivity index (χ3v) is 4.69. The second-order valence-electron chi connectivity index (χ2n) is 6.47. The number of rotatable bonds is 7. The van der Waals surface area contributed by atoms with Crippen molar-refractivity contribution < 1.29 is 19.1 Å². The number of furan rings is 1. The van der Waals surface area contributed by atoms with Gasteiger partial charge in [-0.05, 0) is 25.0 Å². The Morgan fingerprint density at radius 2 is 2.04 bits per heavy atom. The van der Waals surface area contributed by atoms with Crippen LogP contribution in [0.5, 0.6) is 0 Å². The number of carbonyl (C=O) groups excluding carboxylic acids is 2. The van der Waals surface area contributed by atoms with Gasteiger partial charge in [-0.3, -0.25) is 14.7 Å². The molecule has 2 heterocycles. The summed E-state index contributed by atoms with van der Waals surface area (Å²) in [7, 11) is 0. The lowest BCUT2D eigenvalue weighted by Gasteiger charge is -2.29. The Labute approximate surface area is 145 Å². The number of carbonyl (C=O) groups is 2. The summed E-state index contributed by atoms with van der Waals surface area (Å²) in [6, 6.07) is 5.19. The van der Waals surface area contributed by atoms with Gasteiger partial charge in [-0.25, -0.2) is 0 Å². The molecular weight excluding hydrogens is 324 g/mol. The van der Waals surface area contributed by atoms with Crippen LogP contribution in [-0.4, -0.2) is 46.8 Å². The first-order chi connectivity index (χ1) is 12.1. The van der Waals surface area contributed by atoms with Gasteiger partial charge in [0.25, 0.3) is 5.91 Å². The van der Waals surface area contributed by atoms with E-state index in [2.05, 4.69) is 20.8 Å². The average Bonchev–Trinajstić information content (AvgIpc) is 3.38. The Hall–Kier alpha value is -2.61. The van der Waals surface area contributed by atoms with Gasteiger partial charge in [0, 0.05) is 24.6 Å². The zero-order valence-electron chi connectivity index (χ0n) is 13.9. The van der Waals surface area contributed by atoms with Crippen molar-refractivity contribution in [3.05, 3.63) is 30.2 Å². The molecule has 1 aliphatic rings. The van der Waals surface area contributed by atoms with Crippen LogP contribution in [0.1, 0.15) is 36.2 Å². The number of H-pyrrole nitrogens is 1. The third-order valence-electron chi connectivity index (χ3n) is 4.69. The predicted molar refractivity (Wildman–Crippen MR) is 89.6 cm³/mol. The zero-order chi connectivity index (χ0) is 17.7. The molecule has 0 bridgehead atoms. The minimum Gasteiger partial charge on any atom is -0.463 e. The first-order valence-corrected chi connectivity index (χ1v) is 8.37. The van der Waals surface area contributed by atoms with E-state index in [0.717, 1.165) is 25.7 Å². The fraction of sp³-hybridized carbons (Fsp3) is 0.471. The van der Waals surface area contributed by atoms with Crippen LogP contribution < -0.4 is 10.6 Å². The van der Waals surface area contributed by atoms with E-state index in [1.54, 1.807) is 24.5 Å². The number of nitrogens with zero attached hydrogens (tertiary/aromatic N) is 1. The van der Waals surface area contributed by atoms with E-state index in [1.807, 2.05) is 0 Å². The van der Waals surface area contributed by atoms with Gasteiger partial charge >= 0.3 is 0 Å². The maximum atomic E-state index is 12.4. The van der Waals surface area contributed by atoms with Crippen molar-refractivity contribution in [2.45, 2.75) is 25.7 Å². The van der Waals surface area contributed by atoms with E-state index in [9.17, 15) is 9.59 Å². The molecule has 4 N–H and O–H groups in total. The zero-order valence-corrected chi connectivity index (χ0v) is 13.9. The molecular formula is C17H22N4O4. The van der Waals surface area contributed by atoms with Crippen molar-refractivity contribution in [3.8, 4) is 11.5 Å². The van der Waals surface area contributed by atoms with Crippen LogP contribution in [0.15, 0.2) is 28.9 Å². The van der Waals surface area contributed by atoms with Gasteiger partial charge in [0.15, 0.2) is 11.5 Å². The van der Waals surface area contributed by atoms with Crippen molar-refractivity contribution in [2.75, 3.05) is 19.7 Å². The van der Waals surface area contributed by atoms with Crippen molar-refractivity contribution in [2.24, 2.45) is 5.41 Å². The number of aromatic nitrogens is 2. The summed E-state index contributed by atoms with van der Waals surface area (Å²) >= 11 is 0. The summed E-state index contributed by atoms with van der Waals surface area (Å²) in [5, 5.41) is 21.3. The minimum atomic E-state index is -0.523. The second-order valence-corrected chi connectivity index (χ2v) is 6.47. The largest absolute Gasteiger partial charge is 0.463 e. The summed E-state index contributed by atoms with van der Waals surface area (Å²) in [5.41, 5.74) is 0.764. The lowest BCUT2D eigenvalue weighted by Crippen LogP contribution is -2.44. The van der Waals surface area contributed by atoms with E-state index in [1.165, 1.54) is 0 Å². The number of hydrogen-bond acceptors (Lipinski definition) is 5. The first kappa shape index (κ1) is 17.2. The van der Waals surface area contributed by atoms with E-state index < -0.39 is 12.5 Å². The molecule has 0 spiro atoms. The Balaban J connectivity index is 1.59. The van der Waals surface area contributed by atoms with Crippen molar-refractivity contribution >= 4 is 11.8 Å². The highest BCUT2D eigenvalue weighted by atomic mass is 16.3. The molecule has 0 aromatic carbocycles. The average molecular weight is 346 g/mol. The maximum absolute atomic E-state index is 12.4. The van der Waals surface area contributed by atoms with Crippen molar-refractivity contribution in [1.82, 2.24) is 20.8 Å². The van der Waals surface area contributed by atoms with Crippen molar-refractivity contribution in [1.29, 1.82) is 0 Å². The molecule has 25 heavy (non-hydrogen) atoms. The topological polar surface area (TPSA) is 120 Å². The molecule has 1 fully saturated rings. The Kier molecular flexibility index (Phi) is 5.18. The quantitative estimate of drug-likeness (QED) is 0.598. The van der Waals surface area contributed by atoms with Gasteiger partial charge in [-0.1, -0.05) is 12.8 Å². The molecule has 0 unspecified atom stereocenters. The molecule has 1 aliphatic carbocycles. The molecule has 0 aliphatic heterocycles. The highest BCUT2D eigenvalue weighted by Crippen LogP contribution is 2.37. The fourth-order valence-electron chi connectivity index (χ4n) is 3.24. The Morgan fingerprint density at radius 3 is 2.72 bits per heavy atom. The van der Waals surface area contributed by atoms with Crippen LogP contribution in [0.3, 0.4) is 0 Å². The second kappa shape index (κ2) is 7.52. The maximum Gasteiger partial charge on any atom is 0.271 e. The third kappa shape index (κ3) is 4.08. The Bertz CT molecular complexity index is 717. The van der Waals surface area contributed by atoms with Gasteiger partial charge in [0.05, 0.1) is 6.26 Å². The molecule has 0 saturated heterocycles. The summed E-state index contributed by atoms with van der Waals surface area (Å²) in [6.07, 6.45) is 5.54. The van der Waals surface area contributed by atoms with Gasteiger partial charge in [0.1, 0.15) is 12.3 Å². The van der Waals surface area contributed by atoms with E-state index in [4.69, 9.17) is 9.52 Å². The van der Waals surface area contributed by atoms with Crippen molar-refractivity contribution in [3.63, 3.8) is 0 Å². The molecule has 2 aromatic heterocycles. The fourth-order valence-corrected chi connectivity index (χ4v) is 3.24. The standard InChI is InChI=1S/C17H22N4O4/c22-9-15(23)18-10-17(5-1-2-6-17)11-19-16(24)13-8-12(20-21-13)14-4-3-7-25-14/h3-4,7-8,22H,1-2,5-6,9-11H2,(H,18,23)(H,19,24)(H,20,21). The van der Waals surface area contributed by atoms with Crippen LogP contribution in [0.4, 0.5) is 0 Å². The summed E-state index contributed by atoms with van der Waals surface area (Å²) in [4.78, 5) is 23.7. The first-order valence-electron chi connectivity index (χ1n) is 8.37. The highest BCUT2D eigenvalue weighted by molar-refractivity contribution is 5.93. The summed E-state index contributed by atoms with van der Waals surface area (Å²) < 4.78 is 5.27. The molecule has 134 valence electrons. The molecule has 0 radical (unpaired) electrons. The number of amides is 2.